The van der Waals surface area contributed by atoms with Crippen molar-refractivity contribution in [2.45, 2.75) is 32.4 Å². The lowest BCUT2D eigenvalue weighted by molar-refractivity contribution is -0.141. The lowest BCUT2D eigenvalue weighted by atomic mass is 10.1. The number of anilines is 1. The normalized spacial score (nSPS) is 13.0. The Labute approximate surface area is 212 Å². The smallest absolute Gasteiger partial charge is 0.435 e. The summed E-state index contributed by atoms with van der Waals surface area (Å²) < 4.78 is 46.5. The van der Waals surface area contributed by atoms with Gasteiger partial charge in [0.2, 0.25) is 0 Å². The van der Waals surface area contributed by atoms with Gasteiger partial charge in [0, 0.05) is 10.4 Å². The molecule has 6 nitrogen and oxygen atoms in total. The molecular formula is C25H20F3N3O3S2. The molecule has 0 radical (unpaired) electrons. The molecule has 0 saturated carbocycles. The predicted molar refractivity (Wildman–Crippen MR) is 132 cm³/mol. The van der Waals surface area contributed by atoms with Gasteiger partial charge in [-0.1, -0.05) is 6.07 Å². The highest BCUT2D eigenvalue weighted by Gasteiger charge is 2.35. The molecule has 36 heavy (non-hydrogen) atoms. The van der Waals surface area contributed by atoms with Crippen LogP contribution in [0.1, 0.15) is 50.2 Å². The van der Waals surface area contributed by atoms with E-state index in [0.29, 0.717) is 32.4 Å². The molecule has 186 valence electrons. The quantitative estimate of drug-likeness (QED) is 0.285. The number of thiophene rings is 2. The van der Waals surface area contributed by atoms with Crippen LogP contribution in [0.15, 0.2) is 47.8 Å². The van der Waals surface area contributed by atoms with Gasteiger partial charge in [-0.3, -0.25) is 4.79 Å². The second-order valence-corrected chi connectivity index (χ2v) is 10.1. The van der Waals surface area contributed by atoms with E-state index in [1.807, 2.05) is 0 Å². The van der Waals surface area contributed by atoms with Gasteiger partial charge in [0.15, 0.2) is 5.69 Å². The molecule has 1 aliphatic rings. The van der Waals surface area contributed by atoms with Crippen LogP contribution in [-0.2, 0) is 23.8 Å². The maximum absolute atomic E-state index is 13.4. The molecule has 1 aliphatic carbocycles. The number of ether oxygens (including phenoxy) is 1. The van der Waals surface area contributed by atoms with Gasteiger partial charge < -0.3 is 10.1 Å². The summed E-state index contributed by atoms with van der Waals surface area (Å²) in [6.45, 7) is 1.96. The number of hydrogen-bond acceptors (Lipinski definition) is 6. The highest BCUT2D eigenvalue weighted by molar-refractivity contribution is 7.17. The minimum atomic E-state index is -4.59. The third kappa shape index (κ3) is 4.56. The van der Waals surface area contributed by atoms with Gasteiger partial charge in [0.05, 0.1) is 28.4 Å². The first-order valence-corrected chi connectivity index (χ1v) is 12.9. The van der Waals surface area contributed by atoms with Crippen LogP contribution < -0.4 is 5.32 Å². The molecule has 1 amide bonds. The maximum atomic E-state index is 13.4. The van der Waals surface area contributed by atoms with E-state index in [-0.39, 0.29) is 6.61 Å². The fraction of sp³-hybridized carbons (Fsp3) is 0.240. The molecule has 11 heteroatoms. The zero-order valence-corrected chi connectivity index (χ0v) is 20.6. The number of hydrogen-bond donors (Lipinski definition) is 1. The van der Waals surface area contributed by atoms with Crippen molar-refractivity contribution in [3.8, 4) is 16.3 Å². The van der Waals surface area contributed by atoms with Crippen LogP contribution in [0.4, 0.5) is 18.2 Å². The maximum Gasteiger partial charge on any atom is 0.435 e. The fourth-order valence-electron chi connectivity index (χ4n) is 4.16. The summed E-state index contributed by atoms with van der Waals surface area (Å²) in [4.78, 5) is 27.2. The van der Waals surface area contributed by atoms with Crippen LogP contribution in [0.5, 0.6) is 0 Å². The van der Waals surface area contributed by atoms with Crippen molar-refractivity contribution >= 4 is 39.6 Å². The second-order valence-electron chi connectivity index (χ2n) is 8.08. The molecule has 4 aromatic rings. The molecule has 0 atom stereocenters. The van der Waals surface area contributed by atoms with Crippen LogP contribution in [0.25, 0.3) is 16.3 Å². The molecule has 0 unspecified atom stereocenters. The molecule has 0 bridgehead atoms. The summed E-state index contributed by atoms with van der Waals surface area (Å²) in [6, 6.07) is 10.6. The van der Waals surface area contributed by atoms with Crippen LogP contribution in [0.2, 0.25) is 0 Å². The van der Waals surface area contributed by atoms with E-state index in [1.165, 1.54) is 39.5 Å². The number of rotatable bonds is 6. The number of amides is 1. The van der Waals surface area contributed by atoms with E-state index in [4.69, 9.17) is 4.74 Å². The highest BCUT2D eigenvalue weighted by atomic mass is 32.1. The van der Waals surface area contributed by atoms with E-state index in [1.54, 1.807) is 36.6 Å². The zero-order chi connectivity index (χ0) is 25.4. The Kier molecular flexibility index (Phi) is 6.44. The molecule has 1 aromatic carbocycles. The van der Waals surface area contributed by atoms with Gasteiger partial charge in [-0.15, -0.1) is 22.7 Å². The van der Waals surface area contributed by atoms with Crippen molar-refractivity contribution in [1.29, 1.82) is 0 Å². The Hall–Kier alpha value is -3.44. The van der Waals surface area contributed by atoms with Gasteiger partial charge in [-0.05, 0) is 73.5 Å². The van der Waals surface area contributed by atoms with Crippen molar-refractivity contribution < 1.29 is 27.5 Å². The Bertz CT molecular complexity index is 1420. The Morgan fingerprint density at radius 1 is 1.17 bits per heavy atom. The average molecular weight is 532 g/mol. The number of carbonyl (C=O) groups excluding carboxylic acids is 2. The van der Waals surface area contributed by atoms with E-state index < -0.39 is 23.7 Å². The number of fused-ring (bicyclic) bond motifs is 1. The van der Waals surface area contributed by atoms with Gasteiger partial charge in [-0.25, -0.2) is 9.48 Å². The van der Waals surface area contributed by atoms with Gasteiger partial charge in [-0.2, -0.15) is 18.3 Å². The van der Waals surface area contributed by atoms with Crippen molar-refractivity contribution in [1.82, 2.24) is 9.78 Å². The molecule has 0 aliphatic heterocycles. The number of halogens is 3. The molecule has 3 aromatic heterocycles. The van der Waals surface area contributed by atoms with Crippen molar-refractivity contribution in [2.75, 3.05) is 11.9 Å². The summed E-state index contributed by atoms with van der Waals surface area (Å²) in [5, 5.41) is 8.83. The van der Waals surface area contributed by atoms with E-state index in [0.717, 1.165) is 35.8 Å². The van der Waals surface area contributed by atoms with E-state index in [2.05, 4.69) is 10.4 Å². The molecule has 3 heterocycles. The minimum absolute atomic E-state index is 0.231. The Morgan fingerprint density at radius 3 is 2.61 bits per heavy atom. The first-order valence-electron chi connectivity index (χ1n) is 11.2. The number of nitrogens with zero attached hydrogens (tertiary/aromatic N) is 2. The fourth-order valence-corrected chi connectivity index (χ4v) is 6.16. The third-order valence-electron chi connectivity index (χ3n) is 5.78. The lowest BCUT2D eigenvalue weighted by Crippen LogP contribution is -2.15. The monoisotopic (exact) mass is 531 g/mol. The molecule has 0 spiro atoms. The highest BCUT2D eigenvalue weighted by Crippen LogP contribution is 2.40. The van der Waals surface area contributed by atoms with Crippen molar-refractivity contribution in [3.63, 3.8) is 0 Å². The summed E-state index contributed by atoms with van der Waals surface area (Å²) >= 11 is 2.68. The molecule has 0 saturated heterocycles. The number of aryl methyl sites for hydroxylation is 1. The third-order valence-corrected chi connectivity index (χ3v) is 7.88. The molecular weight excluding hydrogens is 511 g/mol. The van der Waals surface area contributed by atoms with Crippen LogP contribution in [0.3, 0.4) is 0 Å². The predicted octanol–water partition coefficient (Wildman–Crippen LogP) is 6.60. The standard InChI is InChI=1S/C25H20F3N3O3S2/c1-2-34-24(33)21-16-5-3-6-18(16)36-23(21)29-22(32)14-8-10-15(11-9-14)31-17(19-7-4-12-35-19)13-20(30-31)25(26,27)28/h4,7-13H,2-3,5-6H2,1H3,(H,29,32). The number of esters is 1. The Morgan fingerprint density at radius 2 is 1.94 bits per heavy atom. The molecule has 0 fully saturated rings. The van der Waals surface area contributed by atoms with Crippen LogP contribution in [0, 0.1) is 0 Å². The first kappa shape index (κ1) is 24.3. The summed E-state index contributed by atoms with van der Waals surface area (Å²) in [5.74, 6) is -0.884. The van der Waals surface area contributed by atoms with Gasteiger partial charge in [0.1, 0.15) is 5.00 Å². The molecule has 1 N–H and O–H groups in total. The van der Waals surface area contributed by atoms with Gasteiger partial charge >= 0.3 is 12.1 Å². The largest absolute Gasteiger partial charge is 0.462 e. The topological polar surface area (TPSA) is 73.2 Å². The summed E-state index contributed by atoms with van der Waals surface area (Å²) in [7, 11) is 0. The summed E-state index contributed by atoms with van der Waals surface area (Å²) in [5.41, 5.74) is 1.34. The van der Waals surface area contributed by atoms with Crippen molar-refractivity contribution in [3.05, 3.63) is 75.1 Å². The van der Waals surface area contributed by atoms with Crippen molar-refractivity contribution in [2.24, 2.45) is 0 Å². The van der Waals surface area contributed by atoms with Gasteiger partial charge in [0.25, 0.3) is 5.91 Å². The zero-order valence-electron chi connectivity index (χ0n) is 19.0. The first-order chi connectivity index (χ1) is 17.3. The number of carbonyl (C=O) groups is 2. The summed E-state index contributed by atoms with van der Waals surface area (Å²) in [6.07, 6.45) is -2.01. The van der Waals surface area contributed by atoms with E-state index in [9.17, 15) is 22.8 Å². The lowest BCUT2D eigenvalue weighted by Gasteiger charge is -2.10. The number of aromatic nitrogens is 2. The van der Waals surface area contributed by atoms with E-state index >= 15 is 0 Å². The number of benzene rings is 1. The number of nitrogens with one attached hydrogen (secondary N) is 1. The second kappa shape index (κ2) is 9.55. The SMILES string of the molecule is CCOC(=O)c1c(NC(=O)c2ccc(-n3nc(C(F)(F)F)cc3-c3cccs3)cc2)sc2c1CCC2. The number of alkyl halides is 3. The minimum Gasteiger partial charge on any atom is -0.462 e. The molecule has 5 rings (SSSR count). The Balaban J connectivity index is 1.42. The van der Waals surface area contributed by atoms with Crippen LogP contribution in [-0.4, -0.2) is 28.3 Å². The average Bonchev–Trinajstić information content (AvgIpc) is 3.62. The van der Waals surface area contributed by atoms with Crippen LogP contribution >= 0.6 is 22.7 Å².